The molecule has 1 aliphatic heterocycles. The van der Waals surface area contributed by atoms with E-state index in [1.54, 1.807) is 17.4 Å². The zero-order valence-corrected chi connectivity index (χ0v) is 10.8. The van der Waals surface area contributed by atoms with Crippen LogP contribution in [0.15, 0.2) is 17.5 Å². The number of aliphatic carboxylic acids is 1. The third-order valence-corrected chi connectivity index (χ3v) is 3.59. The molecule has 0 bridgehead atoms. The highest BCUT2D eigenvalue weighted by Gasteiger charge is 2.15. The van der Waals surface area contributed by atoms with E-state index in [1.807, 2.05) is 11.4 Å². The number of hydrogen-bond donors (Lipinski definition) is 1. The Morgan fingerprint density at radius 3 is 3.28 bits per heavy atom. The van der Waals surface area contributed by atoms with Crippen LogP contribution < -0.4 is 0 Å². The van der Waals surface area contributed by atoms with Gasteiger partial charge in [-0.2, -0.15) is 0 Å². The topological polar surface area (TPSA) is 55.8 Å². The van der Waals surface area contributed by atoms with E-state index in [1.165, 1.54) is 0 Å². The molecular weight excluding hydrogens is 252 g/mol. The van der Waals surface area contributed by atoms with Crippen LogP contribution in [0.25, 0.3) is 6.08 Å². The van der Waals surface area contributed by atoms with E-state index in [2.05, 4.69) is 0 Å². The Kier molecular flexibility index (Phi) is 4.92. The van der Waals surface area contributed by atoms with Crippen LogP contribution in [-0.4, -0.2) is 30.4 Å². The molecule has 2 heterocycles. The van der Waals surface area contributed by atoms with Crippen molar-refractivity contribution in [3.8, 4) is 0 Å². The monoisotopic (exact) mass is 268 g/mol. The van der Waals surface area contributed by atoms with Gasteiger partial charge in [-0.05, 0) is 35.9 Å². The highest BCUT2D eigenvalue weighted by molar-refractivity contribution is 7.10. The zero-order valence-electron chi connectivity index (χ0n) is 10.0. The molecule has 0 amide bonds. The molecule has 0 radical (unpaired) electrons. The van der Waals surface area contributed by atoms with Gasteiger partial charge in [-0.1, -0.05) is 0 Å². The van der Waals surface area contributed by atoms with E-state index in [9.17, 15) is 4.79 Å². The lowest BCUT2D eigenvalue weighted by atomic mass is 10.2. The molecule has 5 heteroatoms. The Balaban J connectivity index is 1.74. The van der Waals surface area contributed by atoms with Crippen LogP contribution >= 0.6 is 11.3 Å². The largest absolute Gasteiger partial charge is 0.478 e. The molecule has 2 rings (SSSR count). The van der Waals surface area contributed by atoms with Gasteiger partial charge in [0.05, 0.1) is 19.3 Å². The van der Waals surface area contributed by atoms with Gasteiger partial charge in [0.25, 0.3) is 0 Å². The van der Waals surface area contributed by atoms with Crippen molar-refractivity contribution in [2.45, 2.75) is 25.6 Å². The van der Waals surface area contributed by atoms with Gasteiger partial charge in [0.15, 0.2) is 0 Å². The third-order valence-electron chi connectivity index (χ3n) is 2.66. The van der Waals surface area contributed by atoms with E-state index in [-0.39, 0.29) is 6.10 Å². The minimum absolute atomic E-state index is 0.247. The first-order valence-electron chi connectivity index (χ1n) is 5.92. The average molecular weight is 268 g/mol. The van der Waals surface area contributed by atoms with Crippen LogP contribution in [0.1, 0.15) is 23.3 Å². The second kappa shape index (κ2) is 6.68. The van der Waals surface area contributed by atoms with Crippen molar-refractivity contribution in [1.29, 1.82) is 0 Å². The van der Waals surface area contributed by atoms with Crippen molar-refractivity contribution in [2.24, 2.45) is 0 Å². The molecule has 1 N–H and O–H groups in total. The summed E-state index contributed by atoms with van der Waals surface area (Å²) in [7, 11) is 0. The number of hydrogen-bond acceptors (Lipinski definition) is 4. The molecule has 0 spiro atoms. The summed E-state index contributed by atoms with van der Waals surface area (Å²) in [5.41, 5.74) is 0.901. The fourth-order valence-electron chi connectivity index (χ4n) is 1.80. The van der Waals surface area contributed by atoms with Gasteiger partial charge in [0.2, 0.25) is 0 Å². The van der Waals surface area contributed by atoms with Crippen molar-refractivity contribution in [3.63, 3.8) is 0 Å². The Hall–Kier alpha value is -1.17. The number of carboxylic acids is 1. The maximum atomic E-state index is 10.4. The van der Waals surface area contributed by atoms with Crippen molar-refractivity contribution < 1.29 is 19.4 Å². The predicted molar refractivity (Wildman–Crippen MR) is 69.6 cm³/mol. The minimum Gasteiger partial charge on any atom is -0.478 e. The van der Waals surface area contributed by atoms with E-state index in [0.717, 1.165) is 36.0 Å². The number of rotatable bonds is 6. The van der Waals surface area contributed by atoms with Crippen molar-refractivity contribution >= 4 is 23.4 Å². The van der Waals surface area contributed by atoms with Crippen LogP contribution in [0.4, 0.5) is 0 Å². The summed E-state index contributed by atoms with van der Waals surface area (Å²) in [5, 5.41) is 10.4. The SMILES string of the molecule is O=C(O)C=Cc1csc(COCC2CCCO2)c1. The fraction of sp³-hybridized carbons (Fsp3) is 0.462. The van der Waals surface area contributed by atoms with Gasteiger partial charge < -0.3 is 14.6 Å². The number of carbonyl (C=O) groups is 1. The Morgan fingerprint density at radius 1 is 1.67 bits per heavy atom. The fourth-order valence-corrected chi connectivity index (χ4v) is 2.58. The molecule has 0 saturated carbocycles. The van der Waals surface area contributed by atoms with Gasteiger partial charge in [-0.15, -0.1) is 11.3 Å². The van der Waals surface area contributed by atoms with Crippen molar-refractivity contribution in [3.05, 3.63) is 28.0 Å². The number of ether oxygens (including phenoxy) is 2. The van der Waals surface area contributed by atoms with Gasteiger partial charge in [-0.25, -0.2) is 4.79 Å². The van der Waals surface area contributed by atoms with Crippen molar-refractivity contribution in [1.82, 2.24) is 0 Å². The summed E-state index contributed by atoms with van der Waals surface area (Å²) in [4.78, 5) is 11.5. The maximum absolute atomic E-state index is 10.4. The number of carboxylic acid groups (broad SMARTS) is 1. The Morgan fingerprint density at radius 2 is 2.56 bits per heavy atom. The van der Waals surface area contributed by atoms with E-state index in [0.29, 0.717) is 13.2 Å². The molecule has 1 aromatic heterocycles. The molecule has 1 saturated heterocycles. The number of thiophene rings is 1. The second-order valence-electron chi connectivity index (χ2n) is 4.17. The van der Waals surface area contributed by atoms with E-state index < -0.39 is 5.97 Å². The van der Waals surface area contributed by atoms with Crippen LogP contribution in [0.2, 0.25) is 0 Å². The summed E-state index contributed by atoms with van der Waals surface area (Å²) in [6, 6.07) is 1.94. The summed E-state index contributed by atoms with van der Waals surface area (Å²) in [6.07, 6.45) is 5.17. The summed E-state index contributed by atoms with van der Waals surface area (Å²) < 4.78 is 11.1. The lowest BCUT2D eigenvalue weighted by Gasteiger charge is -2.08. The predicted octanol–water partition coefficient (Wildman–Crippen LogP) is 2.54. The highest BCUT2D eigenvalue weighted by atomic mass is 32.1. The van der Waals surface area contributed by atoms with Gasteiger partial charge in [0.1, 0.15) is 0 Å². The molecule has 18 heavy (non-hydrogen) atoms. The zero-order chi connectivity index (χ0) is 12.8. The quantitative estimate of drug-likeness (QED) is 0.806. The molecule has 1 fully saturated rings. The smallest absolute Gasteiger partial charge is 0.328 e. The standard InChI is InChI=1S/C13H16O4S/c14-13(15)4-3-10-6-12(18-9-10)8-16-7-11-2-1-5-17-11/h3-4,6,9,11H,1-2,5,7-8H2,(H,14,15). The first-order chi connectivity index (χ1) is 8.74. The summed E-state index contributed by atoms with van der Waals surface area (Å²) in [6.45, 7) is 2.04. The molecule has 4 nitrogen and oxygen atoms in total. The van der Waals surface area contributed by atoms with Crippen LogP contribution in [0.5, 0.6) is 0 Å². The lowest BCUT2D eigenvalue weighted by molar-refractivity contribution is -0.131. The summed E-state index contributed by atoms with van der Waals surface area (Å²) in [5.74, 6) is -0.933. The third kappa shape index (κ3) is 4.25. The lowest BCUT2D eigenvalue weighted by Crippen LogP contribution is -2.13. The van der Waals surface area contributed by atoms with E-state index in [4.69, 9.17) is 14.6 Å². The van der Waals surface area contributed by atoms with Crippen molar-refractivity contribution in [2.75, 3.05) is 13.2 Å². The first kappa shape index (κ1) is 13.3. The molecular formula is C13H16O4S. The molecule has 1 unspecified atom stereocenters. The molecule has 1 aliphatic rings. The molecule has 0 aromatic carbocycles. The second-order valence-corrected chi connectivity index (χ2v) is 5.16. The maximum Gasteiger partial charge on any atom is 0.328 e. The Labute approximate surface area is 110 Å². The first-order valence-corrected chi connectivity index (χ1v) is 6.80. The van der Waals surface area contributed by atoms with Gasteiger partial charge in [-0.3, -0.25) is 0 Å². The van der Waals surface area contributed by atoms with Crippen LogP contribution in [0.3, 0.4) is 0 Å². The average Bonchev–Trinajstić information content (AvgIpc) is 2.97. The van der Waals surface area contributed by atoms with Crippen LogP contribution in [-0.2, 0) is 20.9 Å². The Bertz CT molecular complexity index is 418. The molecule has 98 valence electrons. The molecule has 1 aromatic rings. The minimum atomic E-state index is -0.933. The molecule has 0 aliphatic carbocycles. The van der Waals surface area contributed by atoms with Gasteiger partial charge in [0, 0.05) is 17.6 Å². The summed E-state index contributed by atoms with van der Waals surface area (Å²) >= 11 is 1.57. The highest BCUT2D eigenvalue weighted by Crippen LogP contribution is 2.18. The van der Waals surface area contributed by atoms with Crippen LogP contribution in [0, 0.1) is 0 Å². The van der Waals surface area contributed by atoms with Gasteiger partial charge >= 0.3 is 5.97 Å². The normalized spacial score (nSPS) is 19.7. The van der Waals surface area contributed by atoms with E-state index >= 15 is 0 Å². The molecule has 1 atom stereocenters.